The van der Waals surface area contributed by atoms with E-state index in [1.165, 1.54) is 0 Å². The molecule has 4 rings (SSSR count). The second-order valence-electron chi connectivity index (χ2n) is 7.39. The van der Waals surface area contributed by atoms with Gasteiger partial charge in [-0.15, -0.1) is 0 Å². The van der Waals surface area contributed by atoms with E-state index in [-0.39, 0.29) is 5.91 Å². The predicted molar refractivity (Wildman–Crippen MR) is 119 cm³/mol. The largest absolute Gasteiger partial charge is 0.379 e. The van der Waals surface area contributed by atoms with Gasteiger partial charge in [0.25, 0.3) is 5.91 Å². The first kappa shape index (κ1) is 21.1. The Morgan fingerprint density at radius 2 is 1.93 bits per heavy atom. The molecule has 158 valence electrons. The van der Waals surface area contributed by atoms with Crippen LogP contribution in [0.3, 0.4) is 0 Å². The highest BCUT2D eigenvalue weighted by atomic mass is 35.5. The Bertz CT molecular complexity index is 1000. The maximum atomic E-state index is 13.4. The lowest BCUT2D eigenvalue weighted by atomic mass is 10.2. The number of hydrogen-bond acceptors (Lipinski definition) is 4. The second kappa shape index (κ2) is 9.79. The molecular formula is C22H24Cl2N4O2. The summed E-state index contributed by atoms with van der Waals surface area (Å²) in [5, 5.41) is 1.75. The fraction of sp³-hybridized carbons (Fsp3) is 0.364. The number of ether oxygens (including phenoxy) is 1. The summed E-state index contributed by atoms with van der Waals surface area (Å²) in [5.74, 6) is -0.119. The summed E-state index contributed by atoms with van der Waals surface area (Å²) in [4.78, 5) is 24.9. The molecule has 1 aliphatic heterocycles. The lowest BCUT2D eigenvalue weighted by Gasteiger charge is -2.28. The molecule has 1 amide bonds. The molecule has 0 aliphatic carbocycles. The number of aromatic nitrogens is 2. The van der Waals surface area contributed by atoms with Gasteiger partial charge in [0.2, 0.25) is 0 Å². The molecule has 3 aromatic rings. The lowest BCUT2D eigenvalue weighted by Crippen LogP contribution is -2.39. The summed E-state index contributed by atoms with van der Waals surface area (Å²) in [6.45, 7) is 5.47. The molecule has 3 heterocycles. The first-order chi connectivity index (χ1) is 14.6. The molecule has 1 aromatic carbocycles. The zero-order chi connectivity index (χ0) is 20.9. The van der Waals surface area contributed by atoms with Gasteiger partial charge in [0.1, 0.15) is 5.69 Å². The number of H-pyrrole nitrogens is 1. The number of rotatable bonds is 7. The third-order valence-electron chi connectivity index (χ3n) is 5.33. The van der Waals surface area contributed by atoms with Crippen LogP contribution in [0.15, 0.2) is 42.7 Å². The molecule has 0 saturated carbocycles. The van der Waals surface area contributed by atoms with Crippen molar-refractivity contribution in [3.8, 4) is 0 Å². The van der Waals surface area contributed by atoms with Crippen LogP contribution in [0.1, 0.15) is 22.5 Å². The monoisotopic (exact) mass is 446 g/mol. The normalized spacial score (nSPS) is 14.9. The average molecular weight is 447 g/mol. The van der Waals surface area contributed by atoms with Crippen LogP contribution in [-0.2, 0) is 11.3 Å². The highest BCUT2D eigenvalue weighted by molar-refractivity contribution is 6.39. The van der Waals surface area contributed by atoms with Crippen LogP contribution in [0.5, 0.6) is 0 Å². The number of morpholine rings is 1. The van der Waals surface area contributed by atoms with Crippen molar-refractivity contribution >= 4 is 40.0 Å². The molecule has 1 aliphatic rings. The number of amides is 1. The summed E-state index contributed by atoms with van der Waals surface area (Å²) in [6.07, 6.45) is 4.35. The van der Waals surface area contributed by atoms with Gasteiger partial charge in [0.15, 0.2) is 0 Å². The first-order valence-corrected chi connectivity index (χ1v) is 10.8. The van der Waals surface area contributed by atoms with Crippen molar-refractivity contribution in [2.24, 2.45) is 0 Å². The summed E-state index contributed by atoms with van der Waals surface area (Å²) >= 11 is 12.7. The third-order valence-corrected chi connectivity index (χ3v) is 5.95. The minimum absolute atomic E-state index is 0.119. The molecule has 0 atom stereocenters. The molecule has 1 N–H and O–H groups in total. The van der Waals surface area contributed by atoms with Crippen LogP contribution in [0, 0.1) is 0 Å². The number of aromatic amines is 1. The van der Waals surface area contributed by atoms with E-state index in [9.17, 15) is 4.79 Å². The Labute approximate surface area is 185 Å². The molecule has 30 heavy (non-hydrogen) atoms. The fourth-order valence-electron chi connectivity index (χ4n) is 3.71. The van der Waals surface area contributed by atoms with Gasteiger partial charge >= 0.3 is 0 Å². The maximum Gasteiger partial charge on any atom is 0.272 e. The molecule has 0 spiro atoms. The van der Waals surface area contributed by atoms with Gasteiger partial charge in [0.05, 0.1) is 18.2 Å². The molecule has 0 unspecified atom stereocenters. The molecular weight excluding hydrogens is 423 g/mol. The minimum Gasteiger partial charge on any atom is -0.379 e. The Balaban J connectivity index is 1.53. The van der Waals surface area contributed by atoms with Crippen molar-refractivity contribution in [1.82, 2.24) is 19.8 Å². The van der Waals surface area contributed by atoms with Gasteiger partial charge in [-0.25, -0.2) is 0 Å². The number of nitrogens with zero attached hydrogens (tertiary/aromatic N) is 3. The van der Waals surface area contributed by atoms with Gasteiger partial charge in [-0.2, -0.15) is 0 Å². The van der Waals surface area contributed by atoms with E-state index in [1.807, 2.05) is 23.1 Å². The third kappa shape index (κ3) is 4.95. The molecule has 0 bridgehead atoms. The highest BCUT2D eigenvalue weighted by Gasteiger charge is 2.23. The SMILES string of the molecule is O=C(c1[nH]c2ccc(Cl)cc2c1Cl)N(CCCN1CCOCC1)Cc1ccncc1. The smallest absolute Gasteiger partial charge is 0.272 e. The number of benzene rings is 1. The minimum atomic E-state index is -0.119. The summed E-state index contributed by atoms with van der Waals surface area (Å²) in [6, 6.07) is 9.25. The first-order valence-electron chi connectivity index (χ1n) is 10.1. The van der Waals surface area contributed by atoms with Crippen LogP contribution >= 0.6 is 23.2 Å². The van der Waals surface area contributed by atoms with Crippen LogP contribution in [0.25, 0.3) is 10.9 Å². The predicted octanol–water partition coefficient (Wildman–Crippen LogP) is 4.23. The molecule has 1 saturated heterocycles. The zero-order valence-electron chi connectivity index (χ0n) is 16.6. The van der Waals surface area contributed by atoms with E-state index in [2.05, 4.69) is 14.9 Å². The number of fused-ring (bicyclic) bond motifs is 1. The summed E-state index contributed by atoms with van der Waals surface area (Å²) < 4.78 is 5.41. The number of halogens is 2. The van der Waals surface area contributed by atoms with E-state index < -0.39 is 0 Å². The number of hydrogen-bond donors (Lipinski definition) is 1. The highest BCUT2D eigenvalue weighted by Crippen LogP contribution is 2.30. The number of carbonyl (C=O) groups is 1. The molecule has 1 fully saturated rings. The van der Waals surface area contributed by atoms with Gasteiger partial charge < -0.3 is 14.6 Å². The van der Waals surface area contributed by atoms with Crippen LogP contribution in [-0.4, -0.2) is 65.1 Å². The number of nitrogens with one attached hydrogen (secondary N) is 1. The van der Waals surface area contributed by atoms with Gasteiger partial charge in [-0.05, 0) is 42.3 Å². The second-order valence-corrected chi connectivity index (χ2v) is 8.21. The van der Waals surface area contributed by atoms with Crippen molar-refractivity contribution in [2.75, 3.05) is 39.4 Å². The van der Waals surface area contributed by atoms with E-state index in [4.69, 9.17) is 27.9 Å². The molecule has 6 nitrogen and oxygen atoms in total. The molecule has 2 aromatic heterocycles. The number of pyridine rings is 1. The van der Waals surface area contributed by atoms with Crippen LogP contribution in [0.2, 0.25) is 10.0 Å². The van der Waals surface area contributed by atoms with Crippen molar-refractivity contribution in [3.05, 3.63) is 64.0 Å². The fourth-order valence-corrected chi connectivity index (χ4v) is 4.16. The van der Waals surface area contributed by atoms with Crippen LogP contribution < -0.4 is 0 Å². The Morgan fingerprint density at radius 3 is 2.70 bits per heavy atom. The van der Waals surface area contributed by atoms with Gasteiger partial charge in [-0.3, -0.25) is 14.7 Å². The standard InChI is InChI=1S/C22H24Cl2N4O2/c23-17-2-3-19-18(14-17)20(24)21(26-19)22(29)28(15-16-4-6-25-7-5-16)9-1-8-27-10-12-30-13-11-27/h2-7,14,26H,1,8-13,15H2. The van der Waals surface area contributed by atoms with E-state index in [0.717, 1.165) is 55.7 Å². The van der Waals surface area contributed by atoms with Crippen molar-refractivity contribution in [3.63, 3.8) is 0 Å². The van der Waals surface area contributed by atoms with E-state index in [1.54, 1.807) is 24.5 Å². The van der Waals surface area contributed by atoms with E-state index >= 15 is 0 Å². The van der Waals surface area contributed by atoms with Crippen molar-refractivity contribution in [1.29, 1.82) is 0 Å². The van der Waals surface area contributed by atoms with Crippen molar-refractivity contribution < 1.29 is 9.53 Å². The molecule has 0 radical (unpaired) electrons. The lowest BCUT2D eigenvalue weighted by molar-refractivity contribution is 0.0355. The van der Waals surface area contributed by atoms with Crippen molar-refractivity contribution in [2.45, 2.75) is 13.0 Å². The Kier molecular flexibility index (Phi) is 6.89. The van der Waals surface area contributed by atoms with Crippen LogP contribution in [0.4, 0.5) is 0 Å². The maximum absolute atomic E-state index is 13.4. The van der Waals surface area contributed by atoms with Gasteiger partial charge in [0, 0.05) is 61.0 Å². The quantitative estimate of drug-likeness (QED) is 0.589. The Morgan fingerprint density at radius 1 is 1.17 bits per heavy atom. The molecule has 8 heteroatoms. The summed E-state index contributed by atoms with van der Waals surface area (Å²) in [5.41, 5.74) is 2.22. The number of carbonyl (C=O) groups excluding carboxylic acids is 1. The topological polar surface area (TPSA) is 61.5 Å². The zero-order valence-corrected chi connectivity index (χ0v) is 18.1. The average Bonchev–Trinajstić information content (AvgIpc) is 3.10. The van der Waals surface area contributed by atoms with E-state index in [0.29, 0.717) is 28.8 Å². The van der Waals surface area contributed by atoms with Gasteiger partial charge in [-0.1, -0.05) is 23.2 Å². The summed E-state index contributed by atoms with van der Waals surface area (Å²) in [7, 11) is 0. The Hall–Kier alpha value is -2.12.